The van der Waals surface area contributed by atoms with Gasteiger partial charge in [-0.2, -0.15) is 23.0 Å². The van der Waals surface area contributed by atoms with Gasteiger partial charge in [0.05, 0.1) is 5.56 Å². The van der Waals surface area contributed by atoms with Gasteiger partial charge in [0.25, 0.3) is 5.95 Å². The fourth-order valence-electron chi connectivity index (χ4n) is 4.44. The molecule has 8 nitrogen and oxygen atoms in total. The predicted molar refractivity (Wildman–Crippen MR) is 115 cm³/mol. The van der Waals surface area contributed by atoms with Gasteiger partial charge in [-0.05, 0) is 38.7 Å². The minimum atomic E-state index is -4.61. The first-order chi connectivity index (χ1) is 16.3. The van der Waals surface area contributed by atoms with Gasteiger partial charge in [0.2, 0.25) is 0 Å². The van der Waals surface area contributed by atoms with E-state index in [1.54, 1.807) is 22.0 Å². The molecule has 180 valence electrons. The third kappa shape index (κ3) is 4.72. The van der Waals surface area contributed by atoms with Gasteiger partial charge in [-0.15, -0.1) is 0 Å². The fourth-order valence-corrected chi connectivity index (χ4v) is 4.44. The quantitative estimate of drug-likeness (QED) is 0.504. The van der Waals surface area contributed by atoms with Gasteiger partial charge in [0.1, 0.15) is 12.2 Å². The Morgan fingerprint density at radius 1 is 0.971 bits per heavy atom. The first-order valence-corrected chi connectivity index (χ1v) is 11.2. The second-order valence-electron chi connectivity index (χ2n) is 8.76. The van der Waals surface area contributed by atoms with Crippen LogP contribution in [0.3, 0.4) is 0 Å². The molecule has 0 atom stereocenters. The van der Waals surface area contributed by atoms with Gasteiger partial charge < -0.3 is 4.90 Å². The monoisotopic (exact) mass is 476 g/mol. The molecule has 1 saturated carbocycles. The number of pyridine rings is 1. The maximum Gasteiger partial charge on any atom is 0.417 e. The van der Waals surface area contributed by atoms with E-state index >= 15 is 0 Å². The van der Waals surface area contributed by atoms with Gasteiger partial charge in [0, 0.05) is 55.9 Å². The lowest BCUT2D eigenvalue weighted by Crippen LogP contribution is -2.46. The number of aryl methyl sites for hydroxylation is 1. The average molecular weight is 476 g/mol. The molecule has 1 saturated heterocycles. The third-order valence-corrected chi connectivity index (χ3v) is 6.36. The van der Waals surface area contributed by atoms with Crippen LogP contribution in [0.25, 0.3) is 5.95 Å². The molecule has 2 fully saturated rings. The predicted octanol–water partition coefficient (Wildman–Crippen LogP) is 3.55. The van der Waals surface area contributed by atoms with Gasteiger partial charge >= 0.3 is 6.18 Å². The Balaban J connectivity index is 1.23. The Bertz CT molecular complexity index is 1130. The van der Waals surface area contributed by atoms with Crippen molar-refractivity contribution in [2.45, 2.75) is 57.4 Å². The van der Waals surface area contributed by atoms with Crippen LogP contribution in [0.2, 0.25) is 0 Å². The summed E-state index contributed by atoms with van der Waals surface area (Å²) in [6, 6.07) is 1.31. The number of hydrogen-bond acceptors (Lipinski definition) is 7. The van der Waals surface area contributed by atoms with E-state index in [0.717, 1.165) is 31.2 Å². The van der Waals surface area contributed by atoms with Crippen LogP contribution in [0.5, 0.6) is 0 Å². The fraction of sp³-hybridized carbons (Fsp3) is 0.500. The SMILES string of the molecule is Cc1ncnn1-c1ncc(CN(C2CC2)C2CCN(c3ncc(C(F)(F)F)cc3F)CC2)cn1. The van der Waals surface area contributed by atoms with E-state index in [0.29, 0.717) is 55.8 Å². The molecule has 34 heavy (non-hydrogen) atoms. The molecule has 3 aromatic heterocycles. The summed E-state index contributed by atoms with van der Waals surface area (Å²) in [5.41, 5.74) is -0.0814. The molecule has 5 rings (SSSR count). The van der Waals surface area contributed by atoms with Crippen molar-refractivity contribution in [2.24, 2.45) is 0 Å². The molecule has 1 aliphatic carbocycles. The zero-order chi connectivity index (χ0) is 23.9. The summed E-state index contributed by atoms with van der Waals surface area (Å²) in [4.78, 5) is 20.9. The first kappa shape index (κ1) is 22.6. The molecule has 0 N–H and O–H groups in total. The van der Waals surface area contributed by atoms with Crippen LogP contribution in [-0.2, 0) is 12.7 Å². The number of anilines is 1. The topological polar surface area (TPSA) is 75.9 Å². The number of rotatable bonds is 6. The number of alkyl halides is 3. The highest BCUT2D eigenvalue weighted by molar-refractivity contribution is 5.42. The summed E-state index contributed by atoms with van der Waals surface area (Å²) >= 11 is 0. The van der Waals surface area contributed by atoms with Crippen molar-refractivity contribution in [2.75, 3.05) is 18.0 Å². The first-order valence-electron chi connectivity index (χ1n) is 11.2. The van der Waals surface area contributed by atoms with Crippen molar-refractivity contribution in [3.63, 3.8) is 0 Å². The van der Waals surface area contributed by atoms with Crippen molar-refractivity contribution in [3.8, 4) is 5.95 Å². The summed E-state index contributed by atoms with van der Waals surface area (Å²) in [6.07, 6.45) is 4.96. The second-order valence-corrected chi connectivity index (χ2v) is 8.76. The van der Waals surface area contributed by atoms with Crippen molar-refractivity contribution < 1.29 is 17.6 Å². The molecule has 0 radical (unpaired) electrons. The summed E-state index contributed by atoms with van der Waals surface area (Å²) in [7, 11) is 0. The zero-order valence-electron chi connectivity index (χ0n) is 18.6. The van der Waals surface area contributed by atoms with Gasteiger partial charge in [-0.3, -0.25) is 4.90 Å². The highest BCUT2D eigenvalue weighted by atomic mass is 19.4. The van der Waals surface area contributed by atoms with Gasteiger partial charge in [0.15, 0.2) is 11.6 Å². The smallest absolute Gasteiger partial charge is 0.354 e. The number of piperidine rings is 1. The molecule has 0 spiro atoms. The number of aromatic nitrogens is 6. The Morgan fingerprint density at radius 3 is 2.21 bits per heavy atom. The van der Waals surface area contributed by atoms with Crippen molar-refractivity contribution in [1.82, 2.24) is 34.6 Å². The minimum Gasteiger partial charge on any atom is -0.354 e. The number of halogens is 4. The van der Waals surface area contributed by atoms with Crippen LogP contribution in [0, 0.1) is 12.7 Å². The zero-order valence-corrected chi connectivity index (χ0v) is 18.6. The van der Waals surface area contributed by atoms with Crippen molar-refractivity contribution in [1.29, 1.82) is 0 Å². The normalized spacial score (nSPS) is 17.5. The lowest BCUT2D eigenvalue weighted by molar-refractivity contribution is -0.138. The highest BCUT2D eigenvalue weighted by Crippen LogP contribution is 2.35. The molecule has 0 unspecified atom stereocenters. The lowest BCUT2D eigenvalue weighted by Gasteiger charge is -2.39. The summed E-state index contributed by atoms with van der Waals surface area (Å²) in [5.74, 6) is 0.221. The largest absolute Gasteiger partial charge is 0.417 e. The van der Waals surface area contributed by atoms with Crippen molar-refractivity contribution >= 4 is 5.82 Å². The van der Waals surface area contributed by atoms with Gasteiger partial charge in [-0.1, -0.05) is 0 Å². The van der Waals surface area contributed by atoms with Crippen LogP contribution >= 0.6 is 0 Å². The lowest BCUT2D eigenvalue weighted by atomic mass is 10.0. The summed E-state index contributed by atoms with van der Waals surface area (Å²) in [6.45, 7) is 3.60. The van der Waals surface area contributed by atoms with E-state index in [9.17, 15) is 17.6 Å². The maximum atomic E-state index is 14.4. The van der Waals surface area contributed by atoms with Gasteiger partial charge in [-0.25, -0.2) is 24.3 Å². The number of hydrogen-bond donors (Lipinski definition) is 0. The molecule has 0 amide bonds. The summed E-state index contributed by atoms with van der Waals surface area (Å²) < 4.78 is 54.4. The Morgan fingerprint density at radius 2 is 1.65 bits per heavy atom. The molecule has 2 aliphatic rings. The third-order valence-electron chi connectivity index (χ3n) is 6.36. The molecule has 0 aromatic carbocycles. The summed E-state index contributed by atoms with van der Waals surface area (Å²) in [5, 5.41) is 4.12. The molecule has 3 aromatic rings. The number of nitrogens with zero attached hydrogens (tertiary/aromatic N) is 8. The van der Waals surface area contributed by atoms with Crippen LogP contribution in [0.15, 0.2) is 31.0 Å². The molecule has 0 bridgehead atoms. The highest BCUT2D eigenvalue weighted by Gasteiger charge is 2.37. The Labute approximate surface area is 193 Å². The van der Waals surface area contributed by atoms with E-state index in [2.05, 4.69) is 29.9 Å². The minimum absolute atomic E-state index is 0.0168. The van der Waals surface area contributed by atoms with Crippen LogP contribution < -0.4 is 4.90 Å². The molecular weight excluding hydrogens is 452 g/mol. The van der Waals surface area contributed by atoms with E-state index < -0.39 is 17.6 Å². The van der Waals surface area contributed by atoms with E-state index in [1.807, 2.05) is 6.92 Å². The Hall–Kier alpha value is -3.15. The molecule has 1 aliphatic heterocycles. The van der Waals surface area contributed by atoms with E-state index in [4.69, 9.17) is 0 Å². The second kappa shape index (κ2) is 8.90. The van der Waals surface area contributed by atoms with E-state index in [1.165, 1.54) is 6.33 Å². The standard InChI is InChI=1S/C22H24F4N8/c1-14-30-13-31-34(14)21-28-9-15(10-29-21)12-33(17-2-3-17)18-4-6-32(7-5-18)20-19(23)8-16(11-27-20)22(24,25)26/h8-11,13,17-18H,2-7,12H2,1H3. The molecule has 12 heteroatoms. The van der Waals surface area contributed by atoms with Crippen molar-refractivity contribution in [3.05, 3.63) is 53.8 Å². The van der Waals surface area contributed by atoms with Crippen LogP contribution in [0.1, 0.15) is 42.6 Å². The Kier molecular flexibility index (Phi) is 5.92. The maximum absolute atomic E-state index is 14.4. The molecule has 4 heterocycles. The van der Waals surface area contributed by atoms with E-state index in [-0.39, 0.29) is 5.82 Å². The average Bonchev–Trinajstić information content (AvgIpc) is 3.57. The van der Waals surface area contributed by atoms with Crippen LogP contribution in [-0.4, -0.2) is 59.8 Å². The van der Waals surface area contributed by atoms with Crippen LogP contribution in [0.4, 0.5) is 23.4 Å². The molecular formula is C22H24F4N8.